The van der Waals surface area contributed by atoms with Crippen molar-refractivity contribution >= 4 is 17.4 Å². The van der Waals surface area contributed by atoms with Crippen molar-refractivity contribution in [1.82, 2.24) is 10.2 Å². The van der Waals surface area contributed by atoms with Gasteiger partial charge in [-0.25, -0.2) is 4.79 Å². The van der Waals surface area contributed by atoms with Crippen LogP contribution in [0, 0.1) is 10.1 Å². The first-order valence-corrected chi connectivity index (χ1v) is 5.44. The van der Waals surface area contributed by atoms with E-state index in [1.165, 1.54) is 17.0 Å². The molecule has 0 aliphatic rings. The minimum atomic E-state index is -0.445. The zero-order valence-corrected chi connectivity index (χ0v) is 10.3. The summed E-state index contributed by atoms with van der Waals surface area (Å²) in [7, 11) is 3.31. The molecule has 1 aromatic rings. The summed E-state index contributed by atoms with van der Waals surface area (Å²) < 4.78 is 0. The number of nitrogens with zero attached hydrogens (tertiary/aromatic N) is 2. The summed E-state index contributed by atoms with van der Waals surface area (Å²) in [6.07, 6.45) is 0. The molecule has 0 aliphatic heterocycles. The number of nitrogens with one attached hydrogen (secondary N) is 2. The number of amides is 2. The van der Waals surface area contributed by atoms with Crippen molar-refractivity contribution in [3.63, 3.8) is 0 Å². The lowest BCUT2D eigenvalue weighted by molar-refractivity contribution is -0.384. The fourth-order valence-corrected chi connectivity index (χ4v) is 1.26. The Labute approximate surface area is 105 Å². The largest absolute Gasteiger partial charge is 0.383 e. The molecule has 7 nitrogen and oxygen atoms in total. The summed E-state index contributed by atoms with van der Waals surface area (Å²) in [5.41, 5.74) is 0.695. The van der Waals surface area contributed by atoms with Gasteiger partial charge in [0, 0.05) is 45.0 Å². The van der Waals surface area contributed by atoms with E-state index in [9.17, 15) is 14.9 Å². The molecule has 0 bridgehead atoms. The minimum Gasteiger partial charge on any atom is -0.383 e. The average Bonchev–Trinajstić information content (AvgIpc) is 2.34. The first kappa shape index (κ1) is 13.8. The number of nitro groups is 1. The van der Waals surface area contributed by atoms with Gasteiger partial charge in [0.25, 0.3) is 5.69 Å². The Balaban J connectivity index is 2.38. The molecular weight excluding hydrogens is 236 g/mol. The Bertz CT molecular complexity index is 434. The Morgan fingerprint density at radius 1 is 1.39 bits per heavy atom. The van der Waals surface area contributed by atoms with Crippen LogP contribution in [0.4, 0.5) is 16.2 Å². The van der Waals surface area contributed by atoms with Gasteiger partial charge in [-0.3, -0.25) is 10.1 Å². The van der Waals surface area contributed by atoms with Crippen molar-refractivity contribution in [3.05, 3.63) is 34.4 Å². The monoisotopic (exact) mass is 252 g/mol. The van der Waals surface area contributed by atoms with E-state index in [1.807, 2.05) is 0 Å². The molecule has 2 N–H and O–H groups in total. The van der Waals surface area contributed by atoms with Gasteiger partial charge in [-0.15, -0.1) is 0 Å². The molecule has 0 saturated heterocycles. The number of urea groups is 1. The van der Waals surface area contributed by atoms with Crippen LogP contribution < -0.4 is 10.6 Å². The zero-order chi connectivity index (χ0) is 13.5. The summed E-state index contributed by atoms with van der Waals surface area (Å²) in [6.45, 7) is 0.945. The van der Waals surface area contributed by atoms with Gasteiger partial charge < -0.3 is 15.5 Å². The third kappa shape index (κ3) is 4.28. The van der Waals surface area contributed by atoms with Gasteiger partial charge in [-0.05, 0) is 6.07 Å². The Hall–Kier alpha value is -2.31. The van der Waals surface area contributed by atoms with Gasteiger partial charge in [0.2, 0.25) is 0 Å². The Morgan fingerprint density at radius 2 is 2.11 bits per heavy atom. The van der Waals surface area contributed by atoms with Crippen LogP contribution in [0.25, 0.3) is 0 Å². The number of nitro benzene ring substituents is 1. The number of hydrogen-bond acceptors (Lipinski definition) is 4. The first-order valence-electron chi connectivity index (χ1n) is 5.44. The molecule has 0 atom stereocenters. The van der Waals surface area contributed by atoms with Gasteiger partial charge in [0.15, 0.2) is 0 Å². The molecule has 1 aromatic carbocycles. The summed E-state index contributed by atoms with van der Waals surface area (Å²) >= 11 is 0. The first-order chi connectivity index (χ1) is 8.50. The standard InChI is InChI=1S/C11H16N4O3/c1-14(2)11(16)13-7-6-12-9-4-3-5-10(8-9)15(17)18/h3-5,8,12H,6-7H2,1-2H3,(H,13,16). The maximum Gasteiger partial charge on any atom is 0.316 e. The summed E-state index contributed by atoms with van der Waals surface area (Å²) in [5.74, 6) is 0. The van der Waals surface area contributed by atoms with E-state index in [-0.39, 0.29) is 11.7 Å². The number of carbonyl (C=O) groups is 1. The zero-order valence-electron chi connectivity index (χ0n) is 10.3. The predicted molar refractivity (Wildman–Crippen MR) is 68.7 cm³/mol. The molecule has 0 spiro atoms. The Kier molecular flexibility index (Phi) is 4.91. The number of non-ortho nitro benzene ring substituents is 1. The van der Waals surface area contributed by atoms with Crippen LogP contribution in [0.3, 0.4) is 0 Å². The third-order valence-electron chi connectivity index (χ3n) is 2.19. The van der Waals surface area contributed by atoms with Gasteiger partial charge in [-0.2, -0.15) is 0 Å². The summed E-state index contributed by atoms with van der Waals surface area (Å²) in [6, 6.07) is 6.06. The fourth-order valence-electron chi connectivity index (χ4n) is 1.26. The minimum absolute atomic E-state index is 0.0392. The van der Waals surface area contributed by atoms with E-state index in [0.29, 0.717) is 18.8 Å². The summed E-state index contributed by atoms with van der Waals surface area (Å²) in [4.78, 5) is 22.8. The van der Waals surface area contributed by atoms with Crippen LogP contribution in [0.15, 0.2) is 24.3 Å². The molecule has 0 unspecified atom stereocenters. The number of anilines is 1. The van der Waals surface area contributed by atoms with E-state index in [1.54, 1.807) is 26.2 Å². The van der Waals surface area contributed by atoms with Crippen LogP contribution in [0.1, 0.15) is 0 Å². The highest BCUT2D eigenvalue weighted by Crippen LogP contribution is 2.16. The highest BCUT2D eigenvalue weighted by atomic mass is 16.6. The topological polar surface area (TPSA) is 87.5 Å². The lowest BCUT2D eigenvalue weighted by atomic mass is 10.3. The quantitative estimate of drug-likeness (QED) is 0.469. The van der Waals surface area contributed by atoms with Crippen LogP contribution in [-0.4, -0.2) is 43.0 Å². The molecule has 18 heavy (non-hydrogen) atoms. The SMILES string of the molecule is CN(C)C(=O)NCCNc1cccc([N+](=O)[O-])c1. The van der Waals surface area contributed by atoms with Gasteiger partial charge in [0.05, 0.1) is 4.92 Å². The molecule has 98 valence electrons. The van der Waals surface area contributed by atoms with Crippen molar-refractivity contribution in [2.24, 2.45) is 0 Å². The number of rotatable bonds is 5. The third-order valence-corrected chi connectivity index (χ3v) is 2.19. The van der Waals surface area contributed by atoms with Crippen molar-refractivity contribution in [1.29, 1.82) is 0 Å². The molecule has 1 rings (SSSR count). The van der Waals surface area contributed by atoms with Crippen molar-refractivity contribution in [2.75, 3.05) is 32.5 Å². The maximum absolute atomic E-state index is 11.2. The van der Waals surface area contributed by atoms with E-state index in [0.717, 1.165) is 0 Å². The average molecular weight is 252 g/mol. The predicted octanol–water partition coefficient (Wildman–Crippen LogP) is 1.28. The van der Waals surface area contributed by atoms with E-state index >= 15 is 0 Å². The number of benzene rings is 1. The van der Waals surface area contributed by atoms with Crippen molar-refractivity contribution in [2.45, 2.75) is 0 Å². The van der Waals surface area contributed by atoms with Gasteiger partial charge >= 0.3 is 6.03 Å². The highest BCUT2D eigenvalue weighted by molar-refractivity contribution is 5.73. The second-order valence-corrected chi connectivity index (χ2v) is 3.86. The van der Waals surface area contributed by atoms with Crippen LogP contribution in [-0.2, 0) is 0 Å². The molecule has 7 heteroatoms. The number of carbonyl (C=O) groups excluding carboxylic acids is 1. The molecular formula is C11H16N4O3. The van der Waals surface area contributed by atoms with Gasteiger partial charge in [0.1, 0.15) is 0 Å². The highest BCUT2D eigenvalue weighted by Gasteiger charge is 2.05. The van der Waals surface area contributed by atoms with Gasteiger partial charge in [-0.1, -0.05) is 6.07 Å². The molecule has 0 aromatic heterocycles. The molecule has 0 fully saturated rings. The van der Waals surface area contributed by atoms with Crippen LogP contribution >= 0.6 is 0 Å². The molecule has 0 radical (unpaired) electrons. The van der Waals surface area contributed by atoms with Crippen LogP contribution in [0.5, 0.6) is 0 Å². The molecule has 0 heterocycles. The smallest absolute Gasteiger partial charge is 0.316 e. The summed E-state index contributed by atoms with van der Waals surface area (Å²) in [5, 5.41) is 16.2. The second-order valence-electron chi connectivity index (χ2n) is 3.86. The van der Waals surface area contributed by atoms with E-state index in [2.05, 4.69) is 10.6 Å². The molecule has 0 saturated carbocycles. The normalized spacial score (nSPS) is 9.67. The lowest BCUT2D eigenvalue weighted by Crippen LogP contribution is -2.37. The molecule has 2 amide bonds. The second kappa shape index (κ2) is 6.43. The van der Waals surface area contributed by atoms with E-state index in [4.69, 9.17) is 0 Å². The maximum atomic E-state index is 11.2. The fraction of sp³-hybridized carbons (Fsp3) is 0.364. The lowest BCUT2D eigenvalue weighted by Gasteiger charge is -2.12. The van der Waals surface area contributed by atoms with Crippen molar-refractivity contribution in [3.8, 4) is 0 Å². The number of hydrogen-bond donors (Lipinski definition) is 2. The van der Waals surface area contributed by atoms with Crippen molar-refractivity contribution < 1.29 is 9.72 Å². The molecule has 0 aliphatic carbocycles. The van der Waals surface area contributed by atoms with E-state index < -0.39 is 4.92 Å². The Morgan fingerprint density at radius 3 is 2.72 bits per heavy atom. The van der Waals surface area contributed by atoms with Crippen LogP contribution in [0.2, 0.25) is 0 Å².